The number of benzene rings is 1. The van der Waals surface area contributed by atoms with Gasteiger partial charge in [-0.2, -0.15) is 0 Å². The van der Waals surface area contributed by atoms with Crippen LogP contribution in [0.1, 0.15) is 60.8 Å². The number of esters is 4. The van der Waals surface area contributed by atoms with Crippen molar-refractivity contribution in [3.8, 4) is 5.75 Å². The van der Waals surface area contributed by atoms with Crippen molar-refractivity contribution in [3.05, 3.63) is 24.3 Å². The molecule has 5 atom stereocenters. The van der Waals surface area contributed by atoms with Crippen molar-refractivity contribution in [2.75, 3.05) is 6.61 Å². The Kier molecular flexibility index (Phi) is 7.60. The number of carbonyl (C=O) groups is 4. The van der Waals surface area contributed by atoms with E-state index in [1.54, 1.807) is 24.3 Å². The largest absolute Gasteiger partial charge is 0.494 e. The van der Waals surface area contributed by atoms with Gasteiger partial charge < -0.3 is 37.7 Å². The molecule has 2 heterocycles. The molecule has 2 saturated heterocycles. The van der Waals surface area contributed by atoms with E-state index < -0.39 is 107 Å². The maximum Gasteiger partial charge on any atom is 0.494 e. The molecule has 1 aromatic carbocycles. The first kappa shape index (κ1) is 24.9. The molecule has 0 saturated carbocycles. The molecule has 3 rings (SSSR count). The lowest BCUT2D eigenvalue weighted by atomic mass is 9.79. The van der Waals surface area contributed by atoms with Crippen LogP contribution in [0, 0.1) is 0 Å². The minimum absolute atomic E-state index is 0.186. The van der Waals surface area contributed by atoms with Crippen molar-refractivity contribution >= 4 is 36.5 Å². The quantitative estimate of drug-likeness (QED) is 0.261. The monoisotopic (exact) mass is 554 g/mol. The first-order chi connectivity index (χ1) is 20.2. The van der Waals surface area contributed by atoms with E-state index in [0.29, 0.717) is 5.46 Å². The van der Waals surface area contributed by atoms with Gasteiger partial charge in [0.1, 0.15) is 18.5 Å². The third-order valence-electron chi connectivity index (χ3n) is 6.46. The van der Waals surface area contributed by atoms with Crippen LogP contribution >= 0.6 is 0 Å². The van der Waals surface area contributed by atoms with Crippen LogP contribution in [0.4, 0.5) is 0 Å². The SMILES string of the molecule is [2H]CC(=O)OC[C@H]1OC(Oc2ccc(B3OC(C)(C)C(C)(C)O3)cc2)[C@@H](OC(=O)C[2H])[C@@H](OC(=O)C[2H])[C@@H]1OC(=O)C[2H]. The molecule has 0 aliphatic carbocycles. The zero-order valence-corrected chi connectivity index (χ0v) is 22.2. The van der Waals surface area contributed by atoms with Gasteiger partial charge in [-0.15, -0.1) is 0 Å². The lowest BCUT2D eigenvalue weighted by Gasteiger charge is -2.43. The molecular formula is C26H35BO12. The molecule has 2 aliphatic heterocycles. The molecule has 1 aromatic rings. The average Bonchev–Trinajstić information content (AvgIpc) is 3.20. The van der Waals surface area contributed by atoms with Gasteiger partial charge in [0, 0.05) is 33.1 Å². The standard InChI is InChI=1S/C26H35BO12/c1-14(28)32-13-20-21(33-15(2)29)22(34-16(3)30)23(35-17(4)31)24(37-20)36-19-11-9-18(10-12-19)27-38-25(5,6)26(7,8)39-27/h9-12,20-24H,13H2,1-8H3/t20-,21-,22+,23+,24?/m1/s1/i1D,2D,3D,4D. The second-order valence-corrected chi connectivity index (χ2v) is 9.86. The van der Waals surface area contributed by atoms with Gasteiger partial charge in [-0.1, -0.05) is 12.1 Å². The zero-order chi connectivity index (χ0) is 31.9. The molecule has 0 amide bonds. The maximum atomic E-state index is 12.2. The van der Waals surface area contributed by atoms with Crippen LogP contribution in [0.3, 0.4) is 0 Å². The Morgan fingerprint density at radius 3 is 1.85 bits per heavy atom. The van der Waals surface area contributed by atoms with Gasteiger partial charge in [-0.3, -0.25) is 19.2 Å². The summed E-state index contributed by atoms with van der Waals surface area (Å²) in [4.78, 5) is 48.3. The fourth-order valence-corrected chi connectivity index (χ4v) is 3.96. The minimum Gasteiger partial charge on any atom is -0.463 e. The number of ether oxygens (including phenoxy) is 6. The van der Waals surface area contributed by atoms with Gasteiger partial charge in [0.2, 0.25) is 12.4 Å². The van der Waals surface area contributed by atoms with Crippen LogP contribution < -0.4 is 10.2 Å². The third-order valence-corrected chi connectivity index (χ3v) is 6.46. The highest BCUT2D eigenvalue weighted by Gasteiger charge is 2.54. The number of rotatable bonds is 8. The molecular weight excluding hydrogens is 515 g/mol. The molecule has 2 fully saturated rings. The van der Waals surface area contributed by atoms with Gasteiger partial charge in [0.25, 0.3) is 0 Å². The van der Waals surface area contributed by atoms with E-state index in [9.17, 15) is 19.2 Å². The Morgan fingerprint density at radius 1 is 0.795 bits per heavy atom. The topological polar surface area (TPSA) is 142 Å². The summed E-state index contributed by atoms with van der Waals surface area (Å²) in [5.74, 6) is -3.97. The van der Waals surface area contributed by atoms with Crippen LogP contribution in [-0.4, -0.2) is 79.5 Å². The van der Waals surface area contributed by atoms with Crippen LogP contribution in [0.15, 0.2) is 24.3 Å². The zero-order valence-electron chi connectivity index (χ0n) is 26.2. The molecule has 12 nitrogen and oxygen atoms in total. The first-order valence-electron chi connectivity index (χ1n) is 14.8. The van der Waals surface area contributed by atoms with E-state index in [-0.39, 0.29) is 5.75 Å². The molecule has 0 spiro atoms. The number of carbonyl (C=O) groups excluding carboxylic acids is 4. The molecule has 39 heavy (non-hydrogen) atoms. The first-order valence-corrected chi connectivity index (χ1v) is 11.9. The highest BCUT2D eigenvalue weighted by molar-refractivity contribution is 6.62. The van der Waals surface area contributed by atoms with Gasteiger partial charge in [-0.05, 0) is 45.3 Å². The lowest BCUT2D eigenvalue weighted by Crippen LogP contribution is -2.63. The molecule has 1 unspecified atom stereocenters. The van der Waals surface area contributed by atoms with Gasteiger partial charge in [0.15, 0.2) is 12.2 Å². The number of hydrogen-bond acceptors (Lipinski definition) is 12. The summed E-state index contributed by atoms with van der Waals surface area (Å²) >= 11 is 0. The van der Waals surface area contributed by atoms with Crippen LogP contribution in [-0.2, 0) is 52.2 Å². The van der Waals surface area contributed by atoms with Gasteiger partial charge >= 0.3 is 31.0 Å². The highest BCUT2D eigenvalue weighted by Crippen LogP contribution is 2.37. The second kappa shape index (κ2) is 11.9. The summed E-state index contributed by atoms with van der Waals surface area (Å²) in [6.07, 6.45) is -7.79. The van der Waals surface area contributed by atoms with E-state index in [4.69, 9.17) is 43.2 Å². The molecule has 0 aromatic heterocycles. The third kappa shape index (κ3) is 7.49. The van der Waals surface area contributed by atoms with Crippen molar-refractivity contribution in [2.45, 2.75) is 97.2 Å². The van der Waals surface area contributed by atoms with Crippen molar-refractivity contribution in [2.24, 2.45) is 0 Å². The number of hydrogen-bond donors (Lipinski definition) is 0. The summed E-state index contributed by atoms with van der Waals surface area (Å²) < 4.78 is 74.2. The Labute approximate surface area is 233 Å². The van der Waals surface area contributed by atoms with E-state index in [0.717, 1.165) is 0 Å². The average molecular weight is 554 g/mol. The van der Waals surface area contributed by atoms with Crippen LogP contribution in [0.25, 0.3) is 0 Å². The predicted molar refractivity (Wildman–Crippen MR) is 135 cm³/mol. The Hall–Kier alpha value is -3.16. The summed E-state index contributed by atoms with van der Waals surface area (Å²) in [6.45, 7) is 3.84. The summed E-state index contributed by atoms with van der Waals surface area (Å²) in [5.41, 5.74) is -0.457. The molecule has 0 N–H and O–H groups in total. The van der Waals surface area contributed by atoms with Crippen molar-refractivity contribution in [1.82, 2.24) is 0 Å². The summed E-state index contributed by atoms with van der Waals surface area (Å²) in [7, 11) is -0.659. The maximum absolute atomic E-state index is 12.2. The molecule has 214 valence electrons. The van der Waals surface area contributed by atoms with Crippen LogP contribution in [0.5, 0.6) is 5.75 Å². The molecule has 13 heteroatoms. The van der Waals surface area contributed by atoms with Gasteiger partial charge in [0.05, 0.1) is 11.2 Å². The van der Waals surface area contributed by atoms with Crippen molar-refractivity contribution < 1.29 is 62.4 Å². The van der Waals surface area contributed by atoms with E-state index in [2.05, 4.69) is 0 Å². The Bertz CT molecular complexity index is 1140. The normalized spacial score (nSPS) is 28.6. The van der Waals surface area contributed by atoms with E-state index in [1.807, 2.05) is 27.7 Å². The molecule has 2 aliphatic rings. The smallest absolute Gasteiger partial charge is 0.463 e. The fraction of sp³-hybridized carbons (Fsp3) is 0.615. The van der Waals surface area contributed by atoms with E-state index >= 15 is 0 Å². The summed E-state index contributed by atoms with van der Waals surface area (Å²) in [6, 6.07) is 6.46. The highest BCUT2D eigenvalue weighted by atomic mass is 16.7. The minimum atomic E-state index is -1.65. The second-order valence-electron chi connectivity index (χ2n) is 9.86. The van der Waals surface area contributed by atoms with Crippen LogP contribution in [0.2, 0.25) is 0 Å². The molecule has 0 bridgehead atoms. The fourth-order valence-electron chi connectivity index (χ4n) is 3.96. The Balaban J connectivity index is 1.94. The lowest BCUT2D eigenvalue weighted by molar-refractivity contribution is -0.288. The van der Waals surface area contributed by atoms with Gasteiger partial charge in [-0.25, -0.2) is 0 Å². The molecule has 0 radical (unpaired) electrons. The predicted octanol–water partition coefficient (Wildman–Crippen LogP) is 1.45. The van der Waals surface area contributed by atoms with Crippen molar-refractivity contribution in [3.63, 3.8) is 0 Å². The summed E-state index contributed by atoms with van der Waals surface area (Å²) in [5, 5.41) is 0. The van der Waals surface area contributed by atoms with E-state index in [1.165, 1.54) is 0 Å². The van der Waals surface area contributed by atoms with Crippen molar-refractivity contribution in [1.29, 1.82) is 0 Å². The Morgan fingerprint density at radius 2 is 1.31 bits per heavy atom.